The molecule has 0 spiro atoms. The minimum absolute atomic E-state index is 0.308. The van der Waals surface area contributed by atoms with Crippen molar-refractivity contribution in [1.29, 1.82) is 0 Å². The number of carbonyl (C=O) groups excluding carboxylic acids is 1. The smallest absolute Gasteiger partial charge is 0.222 e. The van der Waals surface area contributed by atoms with Crippen molar-refractivity contribution < 1.29 is 4.79 Å². The lowest BCUT2D eigenvalue weighted by molar-refractivity contribution is -0.132. The Kier molecular flexibility index (Phi) is 4.69. The molecular weight excluding hydrogens is 246 g/mol. The van der Waals surface area contributed by atoms with Crippen LogP contribution in [0.2, 0.25) is 0 Å². The van der Waals surface area contributed by atoms with Crippen LogP contribution in [0.4, 0.5) is 0 Å². The SMILES string of the molecule is CCCCC(=O)N1CCCC(c2nnc(C)s2)C1. The summed E-state index contributed by atoms with van der Waals surface area (Å²) < 4.78 is 0. The van der Waals surface area contributed by atoms with Crippen molar-refractivity contribution in [2.24, 2.45) is 0 Å². The van der Waals surface area contributed by atoms with E-state index in [0.717, 1.165) is 48.8 Å². The summed E-state index contributed by atoms with van der Waals surface area (Å²) in [5.74, 6) is 0.707. The van der Waals surface area contributed by atoms with Gasteiger partial charge in [0.05, 0.1) is 0 Å². The van der Waals surface area contributed by atoms with E-state index in [9.17, 15) is 4.79 Å². The highest BCUT2D eigenvalue weighted by Crippen LogP contribution is 2.29. The molecule has 1 aromatic rings. The van der Waals surface area contributed by atoms with Crippen molar-refractivity contribution in [2.45, 2.75) is 51.9 Å². The number of rotatable bonds is 4. The van der Waals surface area contributed by atoms with E-state index in [1.165, 1.54) is 0 Å². The van der Waals surface area contributed by atoms with E-state index in [-0.39, 0.29) is 0 Å². The van der Waals surface area contributed by atoms with Crippen LogP contribution in [-0.2, 0) is 4.79 Å². The topological polar surface area (TPSA) is 46.1 Å². The largest absolute Gasteiger partial charge is 0.342 e. The van der Waals surface area contributed by atoms with Gasteiger partial charge in [-0.2, -0.15) is 0 Å². The molecule has 100 valence electrons. The fourth-order valence-electron chi connectivity index (χ4n) is 2.37. The number of aromatic nitrogens is 2. The zero-order chi connectivity index (χ0) is 13.0. The molecule has 1 amide bonds. The maximum absolute atomic E-state index is 12.0. The van der Waals surface area contributed by atoms with Crippen molar-refractivity contribution in [3.05, 3.63) is 10.0 Å². The highest BCUT2D eigenvalue weighted by Gasteiger charge is 2.26. The molecule has 0 aromatic carbocycles. The minimum Gasteiger partial charge on any atom is -0.342 e. The fraction of sp³-hybridized carbons (Fsp3) is 0.769. The van der Waals surface area contributed by atoms with E-state index in [1.807, 2.05) is 11.8 Å². The number of hydrogen-bond donors (Lipinski definition) is 0. The Morgan fingerprint density at radius 1 is 1.50 bits per heavy atom. The average Bonchev–Trinajstić information content (AvgIpc) is 2.83. The summed E-state index contributed by atoms with van der Waals surface area (Å²) in [6.45, 7) is 5.85. The van der Waals surface area contributed by atoms with Gasteiger partial charge in [-0.3, -0.25) is 4.79 Å². The van der Waals surface area contributed by atoms with Gasteiger partial charge in [0, 0.05) is 25.4 Å². The summed E-state index contributed by atoms with van der Waals surface area (Å²) in [4.78, 5) is 14.0. The van der Waals surface area contributed by atoms with Gasteiger partial charge in [0.2, 0.25) is 5.91 Å². The van der Waals surface area contributed by atoms with Crippen molar-refractivity contribution >= 4 is 17.2 Å². The second kappa shape index (κ2) is 6.27. The lowest BCUT2D eigenvalue weighted by Crippen LogP contribution is -2.38. The number of carbonyl (C=O) groups is 1. The first-order chi connectivity index (χ1) is 8.70. The Hall–Kier alpha value is -0.970. The van der Waals surface area contributed by atoms with E-state index in [4.69, 9.17) is 0 Å². The Labute approximate surface area is 112 Å². The standard InChI is InChI=1S/C13H21N3OS/c1-3-4-7-12(17)16-8-5-6-11(9-16)13-15-14-10(2)18-13/h11H,3-9H2,1-2H3. The molecule has 18 heavy (non-hydrogen) atoms. The zero-order valence-electron chi connectivity index (χ0n) is 11.2. The Bertz CT molecular complexity index is 405. The fourth-order valence-corrected chi connectivity index (χ4v) is 3.19. The summed E-state index contributed by atoms with van der Waals surface area (Å²) in [5.41, 5.74) is 0. The zero-order valence-corrected chi connectivity index (χ0v) is 12.0. The van der Waals surface area contributed by atoms with Crippen molar-refractivity contribution in [2.75, 3.05) is 13.1 Å². The average molecular weight is 267 g/mol. The molecule has 1 aromatic heterocycles. The second-order valence-corrected chi connectivity index (χ2v) is 6.16. The number of amides is 1. The molecule has 1 atom stereocenters. The first-order valence-corrected chi connectivity index (χ1v) is 7.60. The van der Waals surface area contributed by atoms with Crippen LogP contribution in [0.5, 0.6) is 0 Å². The molecular formula is C13H21N3OS. The molecule has 1 fully saturated rings. The quantitative estimate of drug-likeness (QED) is 0.842. The number of nitrogens with zero attached hydrogens (tertiary/aromatic N) is 3. The number of piperidine rings is 1. The molecule has 0 aliphatic carbocycles. The molecule has 0 N–H and O–H groups in total. The van der Waals surface area contributed by atoms with Gasteiger partial charge in [0.25, 0.3) is 0 Å². The van der Waals surface area contributed by atoms with Gasteiger partial charge in [-0.05, 0) is 26.2 Å². The van der Waals surface area contributed by atoms with Crippen LogP contribution in [0.25, 0.3) is 0 Å². The molecule has 1 aliphatic heterocycles. The van der Waals surface area contributed by atoms with E-state index in [2.05, 4.69) is 17.1 Å². The molecule has 0 saturated carbocycles. The van der Waals surface area contributed by atoms with E-state index in [1.54, 1.807) is 11.3 Å². The normalized spacial score (nSPS) is 20.1. The van der Waals surface area contributed by atoms with E-state index < -0.39 is 0 Å². The molecule has 0 radical (unpaired) electrons. The predicted molar refractivity (Wildman–Crippen MR) is 72.7 cm³/mol. The van der Waals surface area contributed by atoms with Gasteiger partial charge >= 0.3 is 0 Å². The first kappa shape index (κ1) is 13.5. The monoisotopic (exact) mass is 267 g/mol. The number of aryl methyl sites for hydroxylation is 1. The summed E-state index contributed by atoms with van der Waals surface area (Å²) in [6, 6.07) is 0. The summed E-state index contributed by atoms with van der Waals surface area (Å²) in [5, 5.41) is 10.4. The third-order valence-corrected chi connectivity index (χ3v) is 4.41. The maximum Gasteiger partial charge on any atom is 0.222 e. The first-order valence-electron chi connectivity index (χ1n) is 6.78. The summed E-state index contributed by atoms with van der Waals surface area (Å²) in [6.07, 6.45) is 4.99. The van der Waals surface area contributed by atoms with Gasteiger partial charge in [-0.25, -0.2) is 0 Å². The molecule has 2 rings (SSSR count). The van der Waals surface area contributed by atoms with Gasteiger partial charge in [0.15, 0.2) is 0 Å². The second-order valence-electron chi connectivity index (χ2n) is 4.94. The van der Waals surface area contributed by atoms with Crippen LogP contribution in [-0.4, -0.2) is 34.1 Å². The van der Waals surface area contributed by atoms with Gasteiger partial charge in [0.1, 0.15) is 10.0 Å². The third-order valence-electron chi connectivity index (χ3n) is 3.41. The maximum atomic E-state index is 12.0. The lowest BCUT2D eigenvalue weighted by atomic mass is 9.98. The van der Waals surface area contributed by atoms with Crippen LogP contribution >= 0.6 is 11.3 Å². The highest BCUT2D eigenvalue weighted by molar-refractivity contribution is 7.11. The van der Waals surface area contributed by atoms with Crippen LogP contribution in [0.1, 0.15) is 55.0 Å². The third kappa shape index (κ3) is 3.28. The lowest BCUT2D eigenvalue weighted by Gasteiger charge is -2.31. The van der Waals surface area contributed by atoms with Crippen LogP contribution in [0, 0.1) is 6.92 Å². The number of unbranched alkanes of at least 4 members (excludes halogenated alkanes) is 1. The molecule has 1 unspecified atom stereocenters. The van der Waals surface area contributed by atoms with E-state index in [0.29, 0.717) is 18.2 Å². The Balaban J connectivity index is 1.94. The minimum atomic E-state index is 0.308. The number of hydrogen-bond acceptors (Lipinski definition) is 4. The van der Waals surface area contributed by atoms with Crippen LogP contribution < -0.4 is 0 Å². The number of likely N-dealkylation sites (tertiary alicyclic amines) is 1. The molecule has 2 heterocycles. The van der Waals surface area contributed by atoms with Gasteiger partial charge in [-0.1, -0.05) is 13.3 Å². The highest BCUT2D eigenvalue weighted by atomic mass is 32.1. The predicted octanol–water partition coefficient (Wildman–Crippen LogP) is 2.74. The van der Waals surface area contributed by atoms with Gasteiger partial charge < -0.3 is 4.90 Å². The van der Waals surface area contributed by atoms with Gasteiger partial charge in [-0.15, -0.1) is 21.5 Å². The summed E-state index contributed by atoms with van der Waals surface area (Å²) >= 11 is 1.67. The van der Waals surface area contributed by atoms with E-state index >= 15 is 0 Å². The Morgan fingerprint density at radius 3 is 3.00 bits per heavy atom. The molecule has 4 nitrogen and oxygen atoms in total. The van der Waals surface area contributed by atoms with Crippen LogP contribution in [0.3, 0.4) is 0 Å². The van der Waals surface area contributed by atoms with Crippen molar-refractivity contribution in [1.82, 2.24) is 15.1 Å². The molecule has 0 bridgehead atoms. The Morgan fingerprint density at radius 2 is 2.33 bits per heavy atom. The van der Waals surface area contributed by atoms with Crippen LogP contribution in [0.15, 0.2) is 0 Å². The molecule has 1 aliphatic rings. The van der Waals surface area contributed by atoms with Crippen molar-refractivity contribution in [3.63, 3.8) is 0 Å². The van der Waals surface area contributed by atoms with Crippen molar-refractivity contribution in [3.8, 4) is 0 Å². The summed E-state index contributed by atoms with van der Waals surface area (Å²) in [7, 11) is 0. The molecule has 5 heteroatoms. The molecule has 1 saturated heterocycles.